The van der Waals surface area contributed by atoms with Gasteiger partial charge in [0.15, 0.2) is 0 Å². The monoisotopic (exact) mass is 380 g/mol. The molecule has 144 valence electrons. The van der Waals surface area contributed by atoms with E-state index in [1.165, 1.54) is 6.20 Å². The lowest BCUT2D eigenvalue weighted by Crippen LogP contribution is -2.31. The van der Waals surface area contributed by atoms with Crippen molar-refractivity contribution in [3.05, 3.63) is 42.1 Å². The fraction of sp³-hybridized carbons (Fsp3) is 0.300. The van der Waals surface area contributed by atoms with E-state index in [0.29, 0.717) is 29.2 Å². The number of imide groups is 1. The Morgan fingerprint density at radius 1 is 1.29 bits per heavy atom. The minimum absolute atomic E-state index is 0.0872. The third-order valence-electron chi connectivity index (χ3n) is 4.07. The highest BCUT2D eigenvalue weighted by atomic mass is 16.5. The summed E-state index contributed by atoms with van der Waals surface area (Å²) in [6.07, 6.45) is 1.84. The molecule has 0 unspecified atom stereocenters. The average molecular weight is 380 g/mol. The zero-order valence-corrected chi connectivity index (χ0v) is 15.8. The molecule has 28 heavy (non-hydrogen) atoms. The number of carbonyl (C=O) groups is 2. The van der Waals surface area contributed by atoms with Crippen molar-refractivity contribution in [3.8, 4) is 23.4 Å². The van der Waals surface area contributed by atoms with Crippen LogP contribution in [0.3, 0.4) is 0 Å². The van der Waals surface area contributed by atoms with E-state index in [9.17, 15) is 14.9 Å². The van der Waals surface area contributed by atoms with Gasteiger partial charge in [-0.3, -0.25) is 4.79 Å². The first-order valence-electron chi connectivity index (χ1n) is 8.92. The third kappa shape index (κ3) is 3.88. The van der Waals surface area contributed by atoms with E-state index in [-0.39, 0.29) is 17.9 Å². The SMILES string of the molecule is CC[C@H]1NC(=O)N(c2ccc(Oc3ccc(C#N)c(OC(C)C)c3)nc2)C1=O. The zero-order valence-electron chi connectivity index (χ0n) is 15.8. The number of anilines is 1. The summed E-state index contributed by atoms with van der Waals surface area (Å²) >= 11 is 0. The number of benzene rings is 1. The second-order valence-corrected chi connectivity index (χ2v) is 6.48. The summed E-state index contributed by atoms with van der Waals surface area (Å²) in [5.74, 6) is 0.862. The van der Waals surface area contributed by atoms with E-state index >= 15 is 0 Å². The molecule has 0 bridgehead atoms. The normalized spacial score (nSPS) is 16.1. The molecule has 2 heterocycles. The van der Waals surface area contributed by atoms with Gasteiger partial charge in [0.1, 0.15) is 23.6 Å². The number of nitrogens with one attached hydrogen (secondary N) is 1. The van der Waals surface area contributed by atoms with Crippen molar-refractivity contribution in [2.45, 2.75) is 39.3 Å². The number of ether oxygens (including phenoxy) is 2. The Labute approximate surface area is 162 Å². The van der Waals surface area contributed by atoms with E-state index in [1.807, 2.05) is 20.8 Å². The topological polar surface area (TPSA) is 105 Å². The molecule has 0 spiro atoms. The van der Waals surface area contributed by atoms with Gasteiger partial charge in [0.05, 0.1) is 23.6 Å². The molecule has 1 aromatic heterocycles. The second-order valence-electron chi connectivity index (χ2n) is 6.48. The Hall–Kier alpha value is -3.60. The molecule has 3 amide bonds. The molecule has 1 saturated heterocycles. The first-order valence-corrected chi connectivity index (χ1v) is 8.92. The van der Waals surface area contributed by atoms with Gasteiger partial charge in [-0.25, -0.2) is 14.7 Å². The highest BCUT2D eigenvalue weighted by Gasteiger charge is 2.37. The van der Waals surface area contributed by atoms with Crippen molar-refractivity contribution in [3.63, 3.8) is 0 Å². The van der Waals surface area contributed by atoms with E-state index in [2.05, 4.69) is 16.4 Å². The molecule has 2 aromatic rings. The fourth-order valence-electron chi connectivity index (χ4n) is 2.75. The van der Waals surface area contributed by atoms with Crippen LogP contribution in [0.1, 0.15) is 32.8 Å². The van der Waals surface area contributed by atoms with Gasteiger partial charge >= 0.3 is 6.03 Å². The van der Waals surface area contributed by atoms with Crippen LogP contribution in [0.5, 0.6) is 17.4 Å². The lowest BCUT2D eigenvalue weighted by Gasteiger charge is -2.14. The number of nitriles is 1. The minimum atomic E-state index is -0.513. The number of pyridine rings is 1. The Morgan fingerprint density at radius 2 is 2.07 bits per heavy atom. The predicted molar refractivity (Wildman–Crippen MR) is 101 cm³/mol. The van der Waals surface area contributed by atoms with Gasteiger partial charge in [-0.05, 0) is 38.5 Å². The lowest BCUT2D eigenvalue weighted by molar-refractivity contribution is -0.118. The Bertz CT molecular complexity index is 934. The molecule has 1 atom stereocenters. The summed E-state index contributed by atoms with van der Waals surface area (Å²) in [6.45, 7) is 5.57. The molecule has 8 heteroatoms. The summed E-state index contributed by atoms with van der Waals surface area (Å²) in [4.78, 5) is 29.5. The Kier molecular flexibility index (Phi) is 5.45. The largest absolute Gasteiger partial charge is 0.489 e. The summed E-state index contributed by atoms with van der Waals surface area (Å²) in [5, 5.41) is 11.8. The van der Waals surface area contributed by atoms with Gasteiger partial charge in [0.25, 0.3) is 5.91 Å². The van der Waals surface area contributed by atoms with Crippen molar-refractivity contribution in [2.24, 2.45) is 0 Å². The number of aromatic nitrogens is 1. The predicted octanol–water partition coefficient (Wildman–Crippen LogP) is 3.37. The molecule has 0 aliphatic carbocycles. The van der Waals surface area contributed by atoms with Crippen LogP contribution in [-0.4, -0.2) is 29.1 Å². The first-order chi connectivity index (χ1) is 13.4. The van der Waals surface area contributed by atoms with Crippen LogP contribution in [0.4, 0.5) is 10.5 Å². The molecule has 1 aliphatic heterocycles. The average Bonchev–Trinajstić information content (AvgIpc) is 2.96. The van der Waals surface area contributed by atoms with Crippen LogP contribution < -0.4 is 19.7 Å². The van der Waals surface area contributed by atoms with Crippen LogP contribution >= 0.6 is 0 Å². The van der Waals surface area contributed by atoms with Crippen molar-refractivity contribution < 1.29 is 19.1 Å². The van der Waals surface area contributed by atoms with Gasteiger partial charge in [-0.1, -0.05) is 6.92 Å². The highest BCUT2D eigenvalue weighted by Crippen LogP contribution is 2.29. The molecule has 0 saturated carbocycles. The van der Waals surface area contributed by atoms with Gasteiger partial charge in [-0.15, -0.1) is 0 Å². The number of carbonyl (C=O) groups excluding carboxylic acids is 2. The van der Waals surface area contributed by atoms with E-state index in [1.54, 1.807) is 30.3 Å². The van der Waals surface area contributed by atoms with E-state index < -0.39 is 12.1 Å². The summed E-state index contributed by atoms with van der Waals surface area (Å²) in [6, 6.07) is 9.13. The van der Waals surface area contributed by atoms with Crippen LogP contribution in [0.15, 0.2) is 36.5 Å². The van der Waals surface area contributed by atoms with Gasteiger partial charge in [-0.2, -0.15) is 5.26 Å². The number of urea groups is 1. The number of hydrogen-bond acceptors (Lipinski definition) is 6. The molecule has 1 aliphatic rings. The number of amides is 3. The Morgan fingerprint density at radius 3 is 2.64 bits per heavy atom. The molecule has 1 N–H and O–H groups in total. The standard InChI is InChI=1S/C20H20N4O4/c1-4-16-19(25)24(20(26)23-16)14-6-8-18(22-11-14)28-15-7-5-13(10-21)17(9-15)27-12(2)3/h5-9,11-12,16H,4H2,1-3H3,(H,23,26)/t16-/m1/s1. The summed E-state index contributed by atoms with van der Waals surface area (Å²) in [5.41, 5.74) is 0.780. The van der Waals surface area contributed by atoms with E-state index in [4.69, 9.17) is 9.47 Å². The van der Waals surface area contributed by atoms with Gasteiger partial charge in [0, 0.05) is 12.1 Å². The van der Waals surface area contributed by atoms with Crippen molar-refractivity contribution in [2.75, 3.05) is 4.90 Å². The number of nitrogens with zero attached hydrogens (tertiary/aromatic N) is 3. The highest BCUT2D eigenvalue weighted by molar-refractivity contribution is 6.21. The number of rotatable bonds is 6. The van der Waals surface area contributed by atoms with Crippen LogP contribution in [0, 0.1) is 11.3 Å². The third-order valence-corrected chi connectivity index (χ3v) is 4.07. The lowest BCUT2D eigenvalue weighted by atomic mass is 10.2. The van der Waals surface area contributed by atoms with Crippen LogP contribution in [-0.2, 0) is 4.79 Å². The van der Waals surface area contributed by atoms with Crippen molar-refractivity contribution >= 4 is 17.6 Å². The number of hydrogen-bond donors (Lipinski definition) is 1. The molecule has 0 radical (unpaired) electrons. The maximum Gasteiger partial charge on any atom is 0.329 e. The van der Waals surface area contributed by atoms with Crippen LogP contribution in [0.25, 0.3) is 0 Å². The van der Waals surface area contributed by atoms with Gasteiger partial charge in [0.2, 0.25) is 5.88 Å². The minimum Gasteiger partial charge on any atom is -0.489 e. The van der Waals surface area contributed by atoms with Crippen LogP contribution in [0.2, 0.25) is 0 Å². The molecular formula is C20H20N4O4. The maximum atomic E-state index is 12.3. The summed E-state index contributed by atoms with van der Waals surface area (Å²) in [7, 11) is 0. The van der Waals surface area contributed by atoms with E-state index in [0.717, 1.165) is 4.90 Å². The molecule has 3 rings (SSSR count). The first kappa shape index (κ1) is 19.2. The maximum absolute atomic E-state index is 12.3. The molecular weight excluding hydrogens is 360 g/mol. The smallest absolute Gasteiger partial charge is 0.329 e. The summed E-state index contributed by atoms with van der Waals surface area (Å²) < 4.78 is 11.3. The van der Waals surface area contributed by atoms with Crippen molar-refractivity contribution in [1.29, 1.82) is 5.26 Å². The molecule has 8 nitrogen and oxygen atoms in total. The van der Waals surface area contributed by atoms with Gasteiger partial charge < -0.3 is 14.8 Å². The Balaban J connectivity index is 1.77. The van der Waals surface area contributed by atoms with Crippen molar-refractivity contribution in [1.82, 2.24) is 10.3 Å². The zero-order chi connectivity index (χ0) is 20.3. The molecule has 1 fully saturated rings. The molecule has 1 aromatic carbocycles. The fourth-order valence-corrected chi connectivity index (χ4v) is 2.75. The quantitative estimate of drug-likeness (QED) is 0.771. The second kappa shape index (κ2) is 7.96.